The van der Waals surface area contributed by atoms with Crippen LogP contribution in [-0.2, 0) is 11.0 Å². The second-order valence-corrected chi connectivity index (χ2v) is 7.71. The summed E-state index contributed by atoms with van der Waals surface area (Å²) in [5, 5.41) is 0.803. The van der Waals surface area contributed by atoms with E-state index in [2.05, 4.69) is 16.3 Å². The van der Waals surface area contributed by atoms with Gasteiger partial charge >= 0.3 is 0 Å². The maximum atomic E-state index is 12.1. The van der Waals surface area contributed by atoms with Crippen molar-refractivity contribution < 1.29 is 4.21 Å². The van der Waals surface area contributed by atoms with Crippen molar-refractivity contribution in [3.8, 4) is 0 Å². The third-order valence-electron chi connectivity index (χ3n) is 2.51. The SMILES string of the molecule is C=CC[C@H](NS(=O)C(C)(C)C)C1=NCCC(Cl)=C1. The lowest BCUT2D eigenvalue weighted by Gasteiger charge is -2.25. The fourth-order valence-corrected chi connectivity index (χ4v) is 2.51. The van der Waals surface area contributed by atoms with Gasteiger partial charge in [-0.05, 0) is 33.3 Å². The predicted octanol–water partition coefficient (Wildman–Crippen LogP) is 2.95. The molecule has 102 valence electrons. The highest BCUT2D eigenvalue weighted by atomic mass is 35.5. The first-order chi connectivity index (χ1) is 8.34. The van der Waals surface area contributed by atoms with Gasteiger partial charge in [0.25, 0.3) is 0 Å². The van der Waals surface area contributed by atoms with E-state index >= 15 is 0 Å². The third-order valence-corrected chi connectivity index (χ3v) is 4.42. The first-order valence-electron chi connectivity index (χ1n) is 6.04. The second-order valence-electron chi connectivity index (χ2n) is 5.22. The summed E-state index contributed by atoms with van der Waals surface area (Å²) in [5.41, 5.74) is 0.865. The molecule has 3 nitrogen and oxygen atoms in total. The molecule has 0 radical (unpaired) electrons. The minimum absolute atomic E-state index is 0.0865. The number of nitrogens with one attached hydrogen (secondary N) is 1. The van der Waals surface area contributed by atoms with Gasteiger partial charge in [-0.15, -0.1) is 6.58 Å². The van der Waals surface area contributed by atoms with E-state index in [4.69, 9.17) is 11.6 Å². The Morgan fingerprint density at radius 2 is 2.33 bits per heavy atom. The molecule has 1 heterocycles. The van der Waals surface area contributed by atoms with Crippen molar-refractivity contribution in [2.24, 2.45) is 4.99 Å². The van der Waals surface area contributed by atoms with Crippen LogP contribution in [0.1, 0.15) is 33.6 Å². The van der Waals surface area contributed by atoms with Gasteiger partial charge in [-0.1, -0.05) is 17.7 Å². The van der Waals surface area contributed by atoms with Gasteiger partial charge in [-0.2, -0.15) is 0 Å². The van der Waals surface area contributed by atoms with E-state index in [1.165, 1.54) is 0 Å². The molecule has 1 unspecified atom stereocenters. The van der Waals surface area contributed by atoms with Crippen LogP contribution in [0.15, 0.2) is 28.8 Å². The molecule has 0 aromatic heterocycles. The van der Waals surface area contributed by atoms with Crippen molar-refractivity contribution in [3.63, 3.8) is 0 Å². The standard InChI is InChI=1S/C13H21ClN2OS/c1-5-6-11(16-18(17)13(2,3)4)12-9-10(14)7-8-15-12/h5,9,11,16H,1,6-8H2,2-4H3/t11-,18?/m0/s1. The molecule has 1 aliphatic heterocycles. The molecule has 2 atom stereocenters. The van der Waals surface area contributed by atoms with Crippen molar-refractivity contribution in [1.82, 2.24) is 4.72 Å². The molecule has 0 bridgehead atoms. The Bertz CT molecular complexity index is 396. The average molecular weight is 289 g/mol. The number of nitrogens with zero attached hydrogens (tertiary/aromatic N) is 1. The van der Waals surface area contributed by atoms with E-state index in [0.29, 0.717) is 13.0 Å². The lowest BCUT2D eigenvalue weighted by molar-refractivity contribution is 0.626. The summed E-state index contributed by atoms with van der Waals surface area (Å²) in [5.74, 6) is 0. The molecule has 0 aromatic rings. The molecule has 5 heteroatoms. The van der Waals surface area contributed by atoms with Crippen LogP contribution in [0.5, 0.6) is 0 Å². The van der Waals surface area contributed by atoms with Crippen LogP contribution in [0, 0.1) is 0 Å². The van der Waals surface area contributed by atoms with E-state index in [9.17, 15) is 4.21 Å². The van der Waals surface area contributed by atoms with Crippen molar-refractivity contribution >= 4 is 28.3 Å². The third kappa shape index (κ3) is 4.67. The molecule has 0 fully saturated rings. The van der Waals surface area contributed by atoms with Crippen LogP contribution in [0.3, 0.4) is 0 Å². The molecule has 1 N–H and O–H groups in total. The Balaban J connectivity index is 2.81. The largest absolute Gasteiger partial charge is 0.288 e. The van der Waals surface area contributed by atoms with Crippen LogP contribution in [-0.4, -0.2) is 27.3 Å². The van der Waals surface area contributed by atoms with E-state index in [0.717, 1.165) is 17.2 Å². The molecular formula is C13H21ClN2OS. The molecule has 18 heavy (non-hydrogen) atoms. The Kier molecular flexibility index (Phi) is 5.76. The second kappa shape index (κ2) is 6.64. The summed E-state index contributed by atoms with van der Waals surface area (Å²) in [6.07, 6.45) is 5.14. The van der Waals surface area contributed by atoms with E-state index in [1.807, 2.05) is 26.8 Å². The molecule has 0 spiro atoms. The predicted molar refractivity (Wildman–Crippen MR) is 80.5 cm³/mol. The van der Waals surface area contributed by atoms with Gasteiger partial charge in [-0.25, -0.2) is 8.93 Å². The zero-order valence-electron chi connectivity index (χ0n) is 11.2. The van der Waals surface area contributed by atoms with Gasteiger partial charge in [0, 0.05) is 18.0 Å². The first-order valence-corrected chi connectivity index (χ1v) is 7.56. The summed E-state index contributed by atoms with van der Waals surface area (Å²) in [6, 6.07) is -0.0865. The van der Waals surface area contributed by atoms with Gasteiger partial charge in [0.1, 0.15) is 0 Å². The summed E-state index contributed by atoms with van der Waals surface area (Å²) in [7, 11) is -1.13. The Labute approximate surface area is 117 Å². The normalized spacial score (nSPS) is 19.8. The highest BCUT2D eigenvalue weighted by Gasteiger charge is 2.24. The number of hydrogen-bond acceptors (Lipinski definition) is 2. The molecule has 1 aliphatic rings. The molecule has 0 saturated heterocycles. The summed E-state index contributed by atoms with van der Waals surface area (Å²) < 4.78 is 14.9. The molecule has 0 amide bonds. The number of dihydropyridines is 1. The number of hydrogen-bond donors (Lipinski definition) is 1. The van der Waals surface area contributed by atoms with Crippen LogP contribution in [0.25, 0.3) is 0 Å². The Morgan fingerprint density at radius 1 is 1.67 bits per heavy atom. The maximum Gasteiger partial charge on any atom is 0.0976 e. The van der Waals surface area contributed by atoms with Gasteiger partial charge in [-0.3, -0.25) is 4.99 Å². The lowest BCUT2D eigenvalue weighted by Crippen LogP contribution is -2.43. The zero-order valence-corrected chi connectivity index (χ0v) is 12.8. The highest BCUT2D eigenvalue weighted by molar-refractivity contribution is 7.84. The lowest BCUT2D eigenvalue weighted by atomic mass is 10.1. The van der Waals surface area contributed by atoms with Crippen LogP contribution < -0.4 is 4.72 Å². The number of aliphatic imine (C=N–C) groups is 1. The summed E-state index contributed by atoms with van der Waals surface area (Å²) in [6.45, 7) is 10.2. The number of halogens is 1. The van der Waals surface area contributed by atoms with E-state index in [-0.39, 0.29) is 10.8 Å². The molecule has 1 rings (SSSR count). The van der Waals surface area contributed by atoms with Crippen LogP contribution >= 0.6 is 11.6 Å². The minimum Gasteiger partial charge on any atom is -0.288 e. The van der Waals surface area contributed by atoms with Gasteiger partial charge in [0.2, 0.25) is 0 Å². The Hall–Kier alpha value is -0.450. The quantitative estimate of drug-likeness (QED) is 0.777. The van der Waals surface area contributed by atoms with E-state index in [1.54, 1.807) is 6.08 Å². The Morgan fingerprint density at radius 3 is 2.83 bits per heavy atom. The first kappa shape index (κ1) is 15.6. The smallest absolute Gasteiger partial charge is 0.0976 e. The van der Waals surface area contributed by atoms with Gasteiger partial charge in [0.05, 0.1) is 27.5 Å². The summed E-state index contributed by atoms with van der Waals surface area (Å²) >= 11 is 6.03. The highest BCUT2D eigenvalue weighted by Crippen LogP contribution is 2.16. The monoisotopic (exact) mass is 288 g/mol. The van der Waals surface area contributed by atoms with Crippen molar-refractivity contribution in [2.75, 3.05) is 6.54 Å². The summed E-state index contributed by atoms with van der Waals surface area (Å²) in [4.78, 5) is 4.45. The molecule has 0 aromatic carbocycles. The fourth-order valence-electron chi connectivity index (χ4n) is 1.48. The average Bonchev–Trinajstić information content (AvgIpc) is 2.27. The van der Waals surface area contributed by atoms with E-state index < -0.39 is 11.0 Å². The maximum absolute atomic E-state index is 12.1. The van der Waals surface area contributed by atoms with Gasteiger partial charge < -0.3 is 0 Å². The van der Waals surface area contributed by atoms with Crippen LogP contribution in [0.4, 0.5) is 0 Å². The molecule has 0 aliphatic carbocycles. The van der Waals surface area contributed by atoms with Gasteiger partial charge in [0.15, 0.2) is 0 Å². The van der Waals surface area contributed by atoms with Crippen molar-refractivity contribution in [1.29, 1.82) is 0 Å². The van der Waals surface area contributed by atoms with Crippen LogP contribution in [0.2, 0.25) is 0 Å². The van der Waals surface area contributed by atoms with Crippen molar-refractivity contribution in [3.05, 3.63) is 23.8 Å². The van der Waals surface area contributed by atoms with Crippen molar-refractivity contribution in [2.45, 2.75) is 44.4 Å². The molecular weight excluding hydrogens is 268 g/mol. The zero-order chi connectivity index (χ0) is 13.8. The minimum atomic E-state index is -1.13. The molecule has 0 saturated carbocycles. The number of rotatable bonds is 5. The topological polar surface area (TPSA) is 41.5 Å². The fraction of sp³-hybridized carbons (Fsp3) is 0.615.